The van der Waals surface area contributed by atoms with Crippen molar-refractivity contribution in [2.45, 2.75) is 63.8 Å². The molecular weight excluding hydrogens is 300 g/mol. The Morgan fingerprint density at radius 1 is 0.591 bits per heavy atom. The summed E-state index contributed by atoms with van der Waals surface area (Å²) in [6, 6.07) is 0.915. The molecule has 0 unspecified atom stereocenters. The molecule has 5 nitrogen and oxygen atoms in total. The Morgan fingerprint density at radius 3 is 1.50 bits per heavy atom. The molecule has 0 radical (unpaired) electrons. The third-order valence-electron chi connectivity index (χ3n) is 3.91. The summed E-state index contributed by atoms with van der Waals surface area (Å²) in [6.07, 6.45) is 11.3. The molecule has 0 aliphatic carbocycles. The van der Waals surface area contributed by atoms with Gasteiger partial charge in [-0.2, -0.15) is 0 Å². The molecule has 0 fully saturated rings. The highest BCUT2D eigenvalue weighted by Gasteiger charge is 2.36. The minimum atomic E-state index is -2.34. The van der Waals surface area contributed by atoms with E-state index in [-0.39, 0.29) is 0 Å². The molecule has 0 atom stereocenters. The molecule has 0 heterocycles. The smallest absolute Gasteiger partial charge is 0.377 e. The van der Waals surface area contributed by atoms with Crippen molar-refractivity contribution in [1.82, 2.24) is 0 Å². The van der Waals surface area contributed by atoms with E-state index in [1.807, 2.05) is 0 Å². The Balaban J connectivity index is 3.27. The lowest BCUT2D eigenvalue weighted by molar-refractivity contribution is -0.0315. The van der Waals surface area contributed by atoms with E-state index in [1.165, 1.54) is 44.9 Å². The summed E-state index contributed by atoms with van der Waals surface area (Å²) in [6.45, 7) is 1.23. The minimum Gasteiger partial charge on any atom is -0.377 e. The van der Waals surface area contributed by atoms with Crippen molar-refractivity contribution in [1.29, 1.82) is 0 Å². The Hall–Kier alpha value is 0.0169. The largest absolute Gasteiger partial charge is 0.500 e. The quantitative estimate of drug-likeness (QED) is 0.228. The van der Waals surface area contributed by atoms with Crippen molar-refractivity contribution in [3.63, 3.8) is 0 Å². The van der Waals surface area contributed by atoms with Gasteiger partial charge in [0.2, 0.25) is 0 Å². The Bertz CT molecular complexity index is 216. The predicted octanol–water partition coefficient (Wildman–Crippen LogP) is 4.00. The van der Waals surface area contributed by atoms with Crippen molar-refractivity contribution in [3.05, 3.63) is 0 Å². The first-order valence-corrected chi connectivity index (χ1v) is 10.4. The van der Waals surface area contributed by atoms with Crippen LogP contribution in [0.4, 0.5) is 0 Å². The van der Waals surface area contributed by atoms with Gasteiger partial charge >= 0.3 is 8.80 Å². The second-order valence-electron chi connectivity index (χ2n) is 5.54. The normalized spacial score (nSPS) is 12.0. The van der Waals surface area contributed by atoms with Gasteiger partial charge in [-0.05, 0) is 12.8 Å². The van der Waals surface area contributed by atoms with Gasteiger partial charge in [-0.1, -0.05) is 44.9 Å². The predicted molar refractivity (Wildman–Crippen MR) is 91.0 cm³/mol. The topological polar surface area (TPSA) is 46.2 Å². The van der Waals surface area contributed by atoms with E-state index >= 15 is 0 Å². The van der Waals surface area contributed by atoms with Crippen LogP contribution in [-0.2, 0) is 22.8 Å². The average Bonchev–Trinajstić information content (AvgIpc) is 2.56. The first-order valence-electron chi connectivity index (χ1n) is 8.46. The number of rotatable bonds is 17. The van der Waals surface area contributed by atoms with Crippen LogP contribution in [0.25, 0.3) is 0 Å². The van der Waals surface area contributed by atoms with Gasteiger partial charge in [0.15, 0.2) is 0 Å². The zero-order chi connectivity index (χ0) is 16.5. The maximum atomic E-state index is 5.42. The minimum absolute atomic E-state index is 0.416. The summed E-state index contributed by atoms with van der Waals surface area (Å²) >= 11 is 0. The molecule has 0 aliphatic heterocycles. The van der Waals surface area contributed by atoms with E-state index < -0.39 is 8.80 Å². The Labute approximate surface area is 138 Å². The van der Waals surface area contributed by atoms with Gasteiger partial charge in [0.05, 0.1) is 0 Å². The van der Waals surface area contributed by atoms with Crippen LogP contribution >= 0.6 is 0 Å². The van der Waals surface area contributed by atoms with E-state index in [0.29, 0.717) is 6.79 Å². The lowest BCUT2D eigenvalue weighted by atomic mass is 10.1. The van der Waals surface area contributed by atoms with Crippen molar-refractivity contribution in [3.8, 4) is 0 Å². The van der Waals surface area contributed by atoms with Crippen molar-refractivity contribution in [2.24, 2.45) is 0 Å². The third-order valence-corrected chi connectivity index (χ3v) is 6.74. The molecule has 0 aromatic rings. The van der Waals surface area contributed by atoms with Gasteiger partial charge < -0.3 is 22.8 Å². The summed E-state index contributed by atoms with van der Waals surface area (Å²) in [4.78, 5) is 0. The van der Waals surface area contributed by atoms with Crippen LogP contribution in [0.3, 0.4) is 0 Å². The molecule has 0 rings (SSSR count). The maximum Gasteiger partial charge on any atom is 0.500 e. The van der Waals surface area contributed by atoms with E-state index in [2.05, 4.69) is 0 Å². The molecule has 0 aromatic carbocycles. The molecule has 0 saturated heterocycles. The second-order valence-corrected chi connectivity index (χ2v) is 8.63. The summed E-state index contributed by atoms with van der Waals surface area (Å²) in [5.74, 6) is 0. The monoisotopic (exact) mass is 336 g/mol. The van der Waals surface area contributed by atoms with Crippen molar-refractivity contribution < 1.29 is 22.8 Å². The van der Waals surface area contributed by atoms with Gasteiger partial charge in [0.1, 0.15) is 6.79 Å². The highest BCUT2D eigenvalue weighted by molar-refractivity contribution is 6.60. The van der Waals surface area contributed by atoms with E-state index in [1.54, 1.807) is 28.4 Å². The second kappa shape index (κ2) is 15.9. The molecule has 22 heavy (non-hydrogen) atoms. The number of hydrogen-bond acceptors (Lipinski definition) is 5. The summed E-state index contributed by atoms with van der Waals surface area (Å²) in [5, 5.41) is 0. The molecule has 0 spiro atoms. The average molecular weight is 337 g/mol. The molecule has 0 bridgehead atoms. The number of methoxy groups -OCH3 is 1. The fraction of sp³-hybridized carbons (Fsp3) is 1.00. The standard InChI is InChI=1S/C16H36O5Si/c1-17-16-21-14-12-10-8-6-5-7-9-11-13-15-22(18-2,19-3)20-4/h5-16H2,1-4H3. The number of ether oxygens (including phenoxy) is 2. The SMILES string of the molecule is COCOCCCCCCCCCCC[Si](OC)(OC)OC. The van der Waals surface area contributed by atoms with Crippen LogP contribution in [-0.4, -0.2) is 50.6 Å². The van der Waals surface area contributed by atoms with Crippen LogP contribution in [0.5, 0.6) is 0 Å². The van der Waals surface area contributed by atoms with Gasteiger partial charge in [-0.25, -0.2) is 0 Å². The number of hydrogen-bond donors (Lipinski definition) is 0. The fourth-order valence-electron chi connectivity index (χ4n) is 2.48. The van der Waals surface area contributed by atoms with Gasteiger partial charge in [0, 0.05) is 41.1 Å². The van der Waals surface area contributed by atoms with Crippen LogP contribution in [0.2, 0.25) is 6.04 Å². The summed E-state index contributed by atoms with van der Waals surface area (Å²) < 4.78 is 26.4. The first kappa shape index (κ1) is 22.0. The first-order chi connectivity index (χ1) is 10.7. The number of unbranched alkanes of at least 4 members (excludes halogenated alkanes) is 8. The molecule has 134 valence electrons. The zero-order valence-electron chi connectivity index (χ0n) is 15.0. The van der Waals surface area contributed by atoms with Crippen molar-refractivity contribution in [2.75, 3.05) is 41.8 Å². The van der Waals surface area contributed by atoms with Crippen LogP contribution < -0.4 is 0 Å². The lowest BCUT2D eigenvalue weighted by Gasteiger charge is -2.24. The van der Waals surface area contributed by atoms with Gasteiger partial charge in [0.25, 0.3) is 0 Å². The molecule has 0 N–H and O–H groups in total. The van der Waals surface area contributed by atoms with Gasteiger partial charge in [-0.3, -0.25) is 0 Å². The zero-order valence-corrected chi connectivity index (χ0v) is 16.0. The third kappa shape index (κ3) is 11.6. The summed E-state index contributed by atoms with van der Waals surface area (Å²) in [7, 11) is 4.36. The molecule has 0 aliphatic rings. The molecule has 0 amide bonds. The summed E-state index contributed by atoms with van der Waals surface area (Å²) in [5.41, 5.74) is 0. The Kier molecular flexibility index (Phi) is 15.9. The van der Waals surface area contributed by atoms with Crippen LogP contribution in [0.15, 0.2) is 0 Å². The lowest BCUT2D eigenvalue weighted by Crippen LogP contribution is -2.42. The van der Waals surface area contributed by atoms with Crippen molar-refractivity contribution >= 4 is 8.80 Å². The van der Waals surface area contributed by atoms with Crippen LogP contribution in [0.1, 0.15) is 57.8 Å². The molecular formula is C16H36O5Si. The maximum absolute atomic E-state index is 5.42. The molecule has 0 aromatic heterocycles. The highest BCUT2D eigenvalue weighted by atomic mass is 28.4. The van der Waals surface area contributed by atoms with Gasteiger partial charge in [-0.15, -0.1) is 0 Å². The molecule has 0 saturated carbocycles. The van der Waals surface area contributed by atoms with E-state index in [0.717, 1.165) is 25.5 Å². The van der Waals surface area contributed by atoms with E-state index in [9.17, 15) is 0 Å². The Morgan fingerprint density at radius 2 is 1.05 bits per heavy atom. The van der Waals surface area contributed by atoms with E-state index in [4.69, 9.17) is 22.8 Å². The highest BCUT2D eigenvalue weighted by Crippen LogP contribution is 2.18. The fourth-order valence-corrected chi connectivity index (χ4v) is 4.28. The molecule has 6 heteroatoms. The van der Waals surface area contributed by atoms with Crippen LogP contribution in [0, 0.1) is 0 Å².